The van der Waals surface area contributed by atoms with E-state index >= 15 is 0 Å². The molecule has 1 aromatic heterocycles. The van der Waals surface area contributed by atoms with Crippen LogP contribution in [0, 0.1) is 0 Å². The van der Waals surface area contributed by atoms with Crippen LogP contribution in [0.3, 0.4) is 0 Å². The van der Waals surface area contributed by atoms with Crippen molar-refractivity contribution in [1.82, 2.24) is 15.0 Å². The van der Waals surface area contributed by atoms with Gasteiger partial charge in [-0.25, -0.2) is 4.79 Å². The third-order valence-electron chi connectivity index (χ3n) is 4.86. The predicted molar refractivity (Wildman–Crippen MR) is 109 cm³/mol. The Morgan fingerprint density at radius 3 is 2.17 bits per heavy atom. The third-order valence-corrected chi connectivity index (χ3v) is 4.86. The third kappa shape index (κ3) is 4.77. The topological polar surface area (TPSA) is 96.2 Å². The average molecular weight is 419 g/mol. The molecule has 0 atom stereocenters. The first-order valence-electron chi connectivity index (χ1n) is 9.87. The molecular formula is C21H29N3O6. The summed E-state index contributed by atoms with van der Waals surface area (Å²) < 4.78 is 27.1. The number of rotatable bonds is 5. The minimum atomic E-state index is -0.504. The highest BCUT2D eigenvalue weighted by Crippen LogP contribution is 2.41. The lowest BCUT2D eigenvalue weighted by Crippen LogP contribution is -2.41. The van der Waals surface area contributed by atoms with Gasteiger partial charge in [-0.2, -0.15) is 4.98 Å². The van der Waals surface area contributed by atoms with Gasteiger partial charge in [0.25, 0.3) is 0 Å². The molecule has 1 aliphatic heterocycles. The van der Waals surface area contributed by atoms with Crippen LogP contribution in [0.25, 0.3) is 11.4 Å². The summed E-state index contributed by atoms with van der Waals surface area (Å²) in [5.74, 6) is 2.63. The summed E-state index contributed by atoms with van der Waals surface area (Å²) in [4.78, 5) is 18.5. The van der Waals surface area contributed by atoms with Crippen molar-refractivity contribution in [2.45, 2.75) is 45.1 Å². The van der Waals surface area contributed by atoms with Crippen LogP contribution in [-0.4, -0.2) is 61.2 Å². The fourth-order valence-electron chi connectivity index (χ4n) is 3.36. The fourth-order valence-corrected chi connectivity index (χ4v) is 3.36. The van der Waals surface area contributed by atoms with Gasteiger partial charge in [0.1, 0.15) is 5.60 Å². The van der Waals surface area contributed by atoms with Crippen LogP contribution >= 0.6 is 0 Å². The van der Waals surface area contributed by atoms with Crippen LogP contribution in [0.4, 0.5) is 4.79 Å². The van der Waals surface area contributed by atoms with Crippen molar-refractivity contribution in [3.8, 4) is 28.6 Å². The van der Waals surface area contributed by atoms with Gasteiger partial charge in [-0.1, -0.05) is 5.16 Å². The predicted octanol–water partition coefficient (Wildman–Crippen LogP) is 3.88. The Morgan fingerprint density at radius 2 is 1.67 bits per heavy atom. The van der Waals surface area contributed by atoms with E-state index in [0.29, 0.717) is 47.6 Å². The maximum absolute atomic E-state index is 12.2. The molecule has 0 radical (unpaired) electrons. The second-order valence-corrected chi connectivity index (χ2v) is 8.11. The first-order chi connectivity index (χ1) is 14.3. The van der Waals surface area contributed by atoms with E-state index in [9.17, 15) is 4.79 Å². The Kier molecular flexibility index (Phi) is 6.38. The molecule has 2 aromatic rings. The van der Waals surface area contributed by atoms with Crippen molar-refractivity contribution in [1.29, 1.82) is 0 Å². The van der Waals surface area contributed by atoms with E-state index in [-0.39, 0.29) is 12.0 Å². The van der Waals surface area contributed by atoms with Gasteiger partial charge in [-0.3, -0.25) is 0 Å². The highest BCUT2D eigenvalue weighted by molar-refractivity contribution is 5.68. The average Bonchev–Trinajstić information content (AvgIpc) is 3.21. The van der Waals surface area contributed by atoms with Gasteiger partial charge in [-0.05, 0) is 45.7 Å². The van der Waals surface area contributed by atoms with Crippen LogP contribution in [0.15, 0.2) is 16.7 Å². The normalized spacial score (nSPS) is 15.1. The lowest BCUT2D eigenvalue weighted by Gasteiger charge is -2.32. The minimum absolute atomic E-state index is 0.0898. The summed E-state index contributed by atoms with van der Waals surface area (Å²) in [6, 6.07) is 3.56. The van der Waals surface area contributed by atoms with E-state index in [2.05, 4.69) is 10.1 Å². The van der Waals surface area contributed by atoms with Crippen molar-refractivity contribution in [2.75, 3.05) is 34.4 Å². The standard InChI is InChI=1S/C21H29N3O6/c1-21(2,3)29-20(25)24-9-7-13(8-10-24)19-22-18(23-30-19)14-11-15(26-4)17(28-6)16(12-14)27-5/h11-13H,7-10H2,1-6H3. The van der Waals surface area contributed by atoms with Gasteiger partial charge < -0.3 is 28.4 Å². The van der Waals surface area contributed by atoms with Gasteiger partial charge in [0.2, 0.25) is 17.5 Å². The SMILES string of the molecule is COc1cc(-c2noc(C3CCN(C(=O)OC(C)(C)C)CC3)n2)cc(OC)c1OC. The molecule has 1 aromatic carbocycles. The highest BCUT2D eigenvalue weighted by atomic mass is 16.6. The number of nitrogens with zero attached hydrogens (tertiary/aromatic N) is 3. The first kappa shape index (κ1) is 21.7. The van der Waals surface area contributed by atoms with Gasteiger partial charge in [-0.15, -0.1) is 0 Å². The highest BCUT2D eigenvalue weighted by Gasteiger charge is 2.30. The lowest BCUT2D eigenvalue weighted by atomic mass is 9.97. The Morgan fingerprint density at radius 1 is 1.07 bits per heavy atom. The van der Waals surface area contributed by atoms with Gasteiger partial charge in [0.05, 0.1) is 21.3 Å². The van der Waals surface area contributed by atoms with E-state index < -0.39 is 5.60 Å². The molecule has 1 amide bonds. The molecule has 3 rings (SSSR count). The molecule has 30 heavy (non-hydrogen) atoms. The summed E-state index contributed by atoms with van der Waals surface area (Å²) in [6.45, 7) is 6.76. The Bertz CT molecular complexity index is 856. The number of ether oxygens (including phenoxy) is 4. The van der Waals surface area contributed by atoms with Crippen LogP contribution in [0.1, 0.15) is 45.4 Å². The molecule has 1 saturated heterocycles. The summed E-state index contributed by atoms with van der Waals surface area (Å²) >= 11 is 0. The number of likely N-dealkylation sites (tertiary alicyclic amines) is 1. The number of carbonyl (C=O) groups excluding carboxylic acids is 1. The smallest absolute Gasteiger partial charge is 0.410 e. The zero-order valence-corrected chi connectivity index (χ0v) is 18.4. The number of hydrogen-bond acceptors (Lipinski definition) is 8. The van der Waals surface area contributed by atoms with Gasteiger partial charge in [0, 0.05) is 24.6 Å². The van der Waals surface area contributed by atoms with Crippen molar-refractivity contribution < 1.29 is 28.3 Å². The molecule has 9 heteroatoms. The zero-order valence-electron chi connectivity index (χ0n) is 18.4. The molecule has 9 nitrogen and oxygen atoms in total. The van der Waals surface area contributed by atoms with E-state index in [1.54, 1.807) is 38.4 Å². The van der Waals surface area contributed by atoms with Crippen LogP contribution < -0.4 is 14.2 Å². The number of amides is 1. The number of methoxy groups -OCH3 is 3. The lowest BCUT2D eigenvalue weighted by molar-refractivity contribution is 0.0198. The second kappa shape index (κ2) is 8.81. The Labute approximate surface area is 176 Å². The van der Waals surface area contributed by atoms with E-state index in [4.69, 9.17) is 23.5 Å². The largest absolute Gasteiger partial charge is 0.493 e. The van der Waals surface area contributed by atoms with Gasteiger partial charge >= 0.3 is 6.09 Å². The molecule has 0 bridgehead atoms. The van der Waals surface area contributed by atoms with E-state index in [1.807, 2.05) is 20.8 Å². The summed E-state index contributed by atoms with van der Waals surface area (Å²) in [5.41, 5.74) is 0.196. The Hall–Kier alpha value is -2.97. The zero-order chi connectivity index (χ0) is 21.9. The second-order valence-electron chi connectivity index (χ2n) is 8.11. The van der Waals surface area contributed by atoms with E-state index in [1.165, 1.54) is 0 Å². The summed E-state index contributed by atoms with van der Waals surface area (Å²) in [6.07, 6.45) is 1.18. The number of aromatic nitrogens is 2. The van der Waals surface area contributed by atoms with Crippen molar-refractivity contribution in [3.63, 3.8) is 0 Å². The molecule has 0 saturated carbocycles. The van der Waals surface area contributed by atoms with E-state index in [0.717, 1.165) is 12.8 Å². The van der Waals surface area contributed by atoms with Crippen molar-refractivity contribution in [2.24, 2.45) is 0 Å². The van der Waals surface area contributed by atoms with Crippen molar-refractivity contribution >= 4 is 6.09 Å². The Balaban J connectivity index is 1.71. The number of carbonyl (C=O) groups is 1. The summed E-state index contributed by atoms with van der Waals surface area (Å²) in [7, 11) is 4.67. The quantitative estimate of drug-likeness (QED) is 0.720. The molecule has 0 unspecified atom stereocenters. The number of piperidine rings is 1. The van der Waals surface area contributed by atoms with Crippen LogP contribution in [-0.2, 0) is 4.74 Å². The monoisotopic (exact) mass is 419 g/mol. The number of hydrogen-bond donors (Lipinski definition) is 0. The molecular weight excluding hydrogens is 390 g/mol. The molecule has 1 aliphatic rings. The summed E-state index contributed by atoms with van der Waals surface area (Å²) in [5, 5.41) is 4.13. The maximum Gasteiger partial charge on any atom is 0.410 e. The molecule has 0 aliphatic carbocycles. The number of benzene rings is 1. The molecule has 1 fully saturated rings. The van der Waals surface area contributed by atoms with Crippen molar-refractivity contribution in [3.05, 3.63) is 18.0 Å². The van der Waals surface area contributed by atoms with Crippen LogP contribution in [0.5, 0.6) is 17.2 Å². The first-order valence-corrected chi connectivity index (χ1v) is 9.87. The maximum atomic E-state index is 12.2. The van der Waals surface area contributed by atoms with Gasteiger partial charge in [0.15, 0.2) is 11.5 Å². The molecule has 0 N–H and O–H groups in total. The molecule has 164 valence electrons. The molecule has 0 spiro atoms. The fraction of sp³-hybridized carbons (Fsp3) is 0.571. The van der Waals surface area contributed by atoms with Crippen LogP contribution in [0.2, 0.25) is 0 Å². The molecule has 2 heterocycles. The minimum Gasteiger partial charge on any atom is -0.493 e.